The van der Waals surface area contributed by atoms with Gasteiger partial charge < -0.3 is 10.2 Å². The molecule has 0 aliphatic carbocycles. The molecule has 0 aromatic heterocycles. The van der Waals surface area contributed by atoms with Crippen molar-refractivity contribution in [2.45, 2.75) is 13.8 Å². The van der Waals surface area contributed by atoms with Crippen LogP contribution in [0.3, 0.4) is 0 Å². The first-order valence-corrected chi connectivity index (χ1v) is 4.68. The van der Waals surface area contributed by atoms with Crippen molar-refractivity contribution in [2.75, 3.05) is 0 Å². The molecule has 0 amide bonds. The number of benzene rings is 1. The minimum Gasteiger partial charge on any atom is -0.507 e. The number of allylic oxidation sites excluding steroid dienone is 1. The maximum Gasteiger partial charge on any atom is 0.328 e. The van der Waals surface area contributed by atoms with Gasteiger partial charge in [0, 0.05) is 17.2 Å². The van der Waals surface area contributed by atoms with Crippen LogP contribution in [0.15, 0.2) is 24.3 Å². The molecular formula is C12H12O4. The number of carboxylic acid groups (broad SMARTS) is 1. The maximum absolute atomic E-state index is 11.3. The zero-order valence-corrected chi connectivity index (χ0v) is 9.02. The topological polar surface area (TPSA) is 74.6 Å². The fraction of sp³-hybridized carbons (Fsp3) is 0.167. The minimum atomic E-state index is -1.12. The largest absolute Gasteiger partial charge is 0.507 e. The van der Waals surface area contributed by atoms with Crippen LogP contribution >= 0.6 is 0 Å². The van der Waals surface area contributed by atoms with E-state index in [0.717, 1.165) is 6.08 Å². The third kappa shape index (κ3) is 2.48. The predicted octanol–water partition coefficient (Wildman–Crippen LogP) is 2.08. The fourth-order valence-corrected chi connectivity index (χ4v) is 1.51. The van der Waals surface area contributed by atoms with Gasteiger partial charge in [0.15, 0.2) is 5.78 Å². The number of carboxylic acids is 1. The highest BCUT2D eigenvalue weighted by molar-refractivity contribution is 6.02. The summed E-state index contributed by atoms with van der Waals surface area (Å²) in [5, 5.41) is 18.3. The summed E-state index contributed by atoms with van der Waals surface area (Å²) in [6, 6.07) is 4.52. The fourth-order valence-electron chi connectivity index (χ4n) is 1.51. The van der Waals surface area contributed by atoms with E-state index in [4.69, 9.17) is 5.11 Å². The molecule has 0 aliphatic rings. The Morgan fingerprint density at radius 3 is 2.38 bits per heavy atom. The first kappa shape index (κ1) is 12.0. The van der Waals surface area contributed by atoms with Gasteiger partial charge in [-0.2, -0.15) is 0 Å². The van der Waals surface area contributed by atoms with Crippen molar-refractivity contribution in [3.63, 3.8) is 0 Å². The van der Waals surface area contributed by atoms with Crippen molar-refractivity contribution in [2.24, 2.45) is 0 Å². The van der Waals surface area contributed by atoms with E-state index >= 15 is 0 Å². The molecule has 4 nitrogen and oxygen atoms in total. The molecule has 1 aromatic rings. The Bertz CT molecular complexity index is 472. The summed E-state index contributed by atoms with van der Waals surface area (Å²) in [5.74, 6) is -1.43. The molecule has 0 radical (unpaired) electrons. The van der Waals surface area contributed by atoms with E-state index in [-0.39, 0.29) is 17.1 Å². The number of hydrogen-bond donors (Lipinski definition) is 2. The van der Waals surface area contributed by atoms with Crippen LogP contribution < -0.4 is 0 Å². The summed E-state index contributed by atoms with van der Waals surface area (Å²) in [7, 11) is 0. The molecule has 0 heterocycles. The standard InChI is InChI=1S/C12H12O4/c1-7(6-11(15)16)12-9(8(2)13)4-3-5-10(12)14/h3-6,14H,1-2H3,(H,15,16)/b7-6+. The first-order chi connectivity index (χ1) is 7.43. The number of aliphatic carboxylic acids is 1. The third-order valence-electron chi connectivity index (χ3n) is 2.16. The Morgan fingerprint density at radius 2 is 1.88 bits per heavy atom. The molecule has 0 saturated carbocycles. The van der Waals surface area contributed by atoms with Crippen molar-refractivity contribution in [1.82, 2.24) is 0 Å². The number of rotatable bonds is 3. The van der Waals surface area contributed by atoms with Crippen LogP contribution in [0.1, 0.15) is 29.8 Å². The Hall–Kier alpha value is -2.10. The van der Waals surface area contributed by atoms with Crippen molar-refractivity contribution in [3.8, 4) is 5.75 Å². The van der Waals surface area contributed by atoms with Gasteiger partial charge in [0.05, 0.1) is 0 Å². The Kier molecular flexibility index (Phi) is 3.45. The number of ketones is 1. The Balaban J connectivity index is 3.42. The van der Waals surface area contributed by atoms with Crippen LogP contribution in [0.4, 0.5) is 0 Å². The van der Waals surface area contributed by atoms with E-state index < -0.39 is 5.97 Å². The van der Waals surface area contributed by atoms with Crippen molar-refractivity contribution in [3.05, 3.63) is 35.4 Å². The molecule has 0 atom stereocenters. The molecule has 1 rings (SSSR count). The van der Waals surface area contributed by atoms with Crippen molar-refractivity contribution >= 4 is 17.3 Å². The van der Waals surface area contributed by atoms with Crippen LogP contribution in [-0.2, 0) is 4.79 Å². The lowest BCUT2D eigenvalue weighted by Crippen LogP contribution is -1.99. The quantitative estimate of drug-likeness (QED) is 0.604. The second kappa shape index (κ2) is 4.61. The second-order valence-corrected chi connectivity index (χ2v) is 3.42. The highest BCUT2D eigenvalue weighted by Crippen LogP contribution is 2.28. The van der Waals surface area contributed by atoms with Crippen LogP contribution in [-0.4, -0.2) is 22.0 Å². The monoisotopic (exact) mass is 220 g/mol. The number of aromatic hydroxyl groups is 1. The van der Waals surface area contributed by atoms with E-state index in [9.17, 15) is 14.7 Å². The number of carbonyl (C=O) groups excluding carboxylic acids is 1. The molecule has 0 spiro atoms. The molecule has 1 aromatic carbocycles. The smallest absolute Gasteiger partial charge is 0.328 e. The predicted molar refractivity (Wildman–Crippen MR) is 59.4 cm³/mol. The molecular weight excluding hydrogens is 208 g/mol. The van der Waals surface area contributed by atoms with Gasteiger partial charge in [-0.3, -0.25) is 4.79 Å². The number of phenolic OH excluding ortho intramolecular Hbond substituents is 1. The summed E-state index contributed by atoms with van der Waals surface area (Å²) < 4.78 is 0. The zero-order valence-electron chi connectivity index (χ0n) is 9.02. The highest BCUT2D eigenvalue weighted by Gasteiger charge is 2.13. The normalized spacial score (nSPS) is 11.2. The van der Waals surface area contributed by atoms with Gasteiger partial charge in [-0.15, -0.1) is 0 Å². The average Bonchev–Trinajstić information content (AvgIpc) is 2.15. The van der Waals surface area contributed by atoms with E-state index in [2.05, 4.69) is 0 Å². The molecule has 0 bridgehead atoms. The molecule has 2 N–H and O–H groups in total. The SMILES string of the molecule is CC(=O)c1cccc(O)c1/C(C)=C/C(=O)O. The second-order valence-electron chi connectivity index (χ2n) is 3.42. The average molecular weight is 220 g/mol. The first-order valence-electron chi connectivity index (χ1n) is 4.68. The number of hydrogen-bond acceptors (Lipinski definition) is 3. The Labute approximate surface area is 92.8 Å². The number of phenols is 1. The van der Waals surface area contributed by atoms with Crippen molar-refractivity contribution < 1.29 is 19.8 Å². The lowest BCUT2D eigenvalue weighted by molar-refractivity contribution is -0.131. The summed E-state index contributed by atoms with van der Waals surface area (Å²) in [5.41, 5.74) is 0.934. The highest BCUT2D eigenvalue weighted by atomic mass is 16.4. The van der Waals surface area contributed by atoms with E-state index in [1.54, 1.807) is 12.1 Å². The molecule has 0 saturated heterocycles. The third-order valence-corrected chi connectivity index (χ3v) is 2.16. The van der Waals surface area contributed by atoms with E-state index in [1.165, 1.54) is 19.9 Å². The molecule has 0 fully saturated rings. The van der Waals surface area contributed by atoms with Gasteiger partial charge in [0.25, 0.3) is 0 Å². The summed E-state index contributed by atoms with van der Waals surface area (Å²) in [6.07, 6.45) is 0.960. The van der Waals surface area contributed by atoms with Crippen LogP contribution in [0, 0.1) is 0 Å². The zero-order chi connectivity index (χ0) is 12.3. The van der Waals surface area contributed by atoms with E-state index in [0.29, 0.717) is 11.1 Å². The lowest BCUT2D eigenvalue weighted by atomic mass is 9.97. The van der Waals surface area contributed by atoms with Gasteiger partial charge in [-0.25, -0.2) is 4.79 Å². The minimum absolute atomic E-state index is 0.0947. The molecule has 84 valence electrons. The number of carbonyl (C=O) groups is 2. The Morgan fingerprint density at radius 1 is 1.25 bits per heavy atom. The molecule has 0 unspecified atom stereocenters. The van der Waals surface area contributed by atoms with Gasteiger partial charge >= 0.3 is 5.97 Å². The van der Waals surface area contributed by atoms with Crippen LogP contribution in [0.5, 0.6) is 5.75 Å². The summed E-state index contributed by atoms with van der Waals surface area (Å²) in [4.78, 5) is 21.9. The lowest BCUT2D eigenvalue weighted by Gasteiger charge is -2.08. The molecule has 4 heteroatoms. The van der Waals surface area contributed by atoms with Crippen molar-refractivity contribution in [1.29, 1.82) is 0 Å². The van der Waals surface area contributed by atoms with Gasteiger partial charge in [0.1, 0.15) is 5.75 Å². The van der Waals surface area contributed by atoms with Gasteiger partial charge in [-0.1, -0.05) is 12.1 Å². The summed E-state index contributed by atoms with van der Waals surface area (Å²) >= 11 is 0. The molecule has 16 heavy (non-hydrogen) atoms. The van der Waals surface area contributed by atoms with Gasteiger partial charge in [-0.05, 0) is 25.5 Å². The van der Waals surface area contributed by atoms with E-state index in [1.807, 2.05) is 0 Å². The van der Waals surface area contributed by atoms with Gasteiger partial charge in [0.2, 0.25) is 0 Å². The number of Topliss-reactive ketones (excluding diaryl/α,β-unsaturated/α-hetero) is 1. The molecule has 0 aliphatic heterocycles. The summed E-state index contributed by atoms with van der Waals surface area (Å²) in [6.45, 7) is 2.90. The van der Waals surface area contributed by atoms with Crippen LogP contribution in [0.2, 0.25) is 0 Å². The maximum atomic E-state index is 11.3. The van der Waals surface area contributed by atoms with Crippen LogP contribution in [0.25, 0.3) is 5.57 Å².